The van der Waals surface area contributed by atoms with Crippen molar-refractivity contribution in [3.8, 4) is 17.4 Å². The minimum absolute atomic E-state index is 0.00397. The van der Waals surface area contributed by atoms with Gasteiger partial charge in [0.05, 0.1) is 11.7 Å². The summed E-state index contributed by atoms with van der Waals surface area (Å²) >= 11 is 5.95. The second-order valence-corrected chi connectivity index (χ2v) is 7.06. The van der Waals surface area contributed by atoms with Crippen LogP contribution in [-0.4, -0.2) is 36.0 Å². The lowest BCUT2D eigenvalue weighted by atomic mass is 10.1. The molecule has 0 amide bonds. The van der Waals surface area contributed by atoms with Gasteiger partial charge in [0.2, 0.25) is 5.88 Å². The molecule has 0 bridgehead atoms. The fourth-order valence-electron chi connectivity index (χ4n) is 2.92. The second-order valence-electron chi connectivity index (χ2n) is 6.65. The Morgan fingerprint density at radius 3 is 2.76 bits per heavy atom. The normalized spacial score (nSPS) is 16.8. The van der Waals surface area contributed by atoms with E-state index in [0.717, 1.165) is 31.1 Å². The Morgan fingerprint density at radius 1 is 1.28 bits per heavy atom. The zero-order valence-electron chi connectivity index (χ0n) is 15.5. The van der Waals surface area contributed by atoms with E-state index in [1.54, 1.807) is 18.2 Å². The van der Waals surface area contributed by atoms with E-state index in [2.05, 4.69) is 4.98 Å². The minimum atomic E-state index is -4.54. The second kappa shape index (κ2) is 9.65. The molecule has 5 nitrogen and oxygen atoms in total. The highest BCUT2D eigenvalue weighted by atomic mass is 35.5. The van der Waals surface area contributed by atoms with Gasteiger partial charge in [-0.3, -0.25) is 0 Å². The number of aliphatic hydroxyl groups excluding tert-OH is 1. The lowest BCUT2D eigenvalue weighted by Gasteiger charge is -2.16. The summed E-state index contributed by atoms with van der Waals surface area (Å²) in [7, 11) is 0. The Morgan fingerprint density at radius 2 is 2.10 bits per heavy atom. The van der Waals surface area contributed by atoms with Crippen molar-refractivity contribution in [2.45, 2.75) is 38.0 Å². The van der Waals surface area contributed by atoms with Crippen molar-refractivity contribution in [3.63, 3.8) is 0 Å². The largest absolute Gasteiger partial charge is 0.491 e. The highest BCUT2D eigenvalue weighted by Gasteiger charge is 2.32. The maximum absolute atomic E-state index is 12.8. The molecule has 1 atom stereocenters. The molecule has 2 heterocycles. The molecule has 1 saturated heterocycles. The quantitative estimate of drug-likeness (QED) is 0.635. The number of pyridine rings is 1. The van der Waals surface area contributed by atoms with Crippen molar-refractivity contribution in [2.24, 2.45) is 0 Å². The van der Waals surface area contributed by atoms with Gasteiger partial charge in [-0.1, -0.05) is 17.7 Å². The molecular formula is C20H21ClF3NO4. The summed E-state index contributed by atoms with van der Waals surface area (Å²) in [6.07, 6.45) is -0.885. The zero-order chi connectivity index (χ0) is 20.9. The van der Waals surface area contributed by atoms with Gasteiger partial charge in [-0.15, -0.1) is 0 Å². The summed E-state index contributed by atoms with van der Waals surface area (Å²) in [4.78, 5) is 3.72. The predicted octanol–water partition coefficient (Wildman–Crippen LogP) is 5.03. The first-order valence-corrected chi connectivity index (χ1v) is 9.63. The van der Waals surface area contributed by atoms with Gasteiger partial charge < -0.3 is 19.3 Å². The van der Waals surface area contributed by atoms with E-state index in [0.29, 0.717) is 37.1 Å². The standard InChI is InChI=1S/C20H21ClF3NO4/c21-17-9-14(20(22,23)24)11-25-19(17)29-18-10-15(6-5-13(18)3-1-7-26)28-12-16-4-2-8-27-16/h5-6,9-11,16,26H,1-4,7-8,12H2. The molecular weight excluding hydrogens is 411 g/mol. The van der Waals surface area contributed by atoms with E-state index < -0.39 is 11.7 Å². The highest BCUT2D eigenvalue weighted by Crippen LogP contribution is 2.36. The summed E-state index contributed by atoms with van der Waals surface area (Å²) in [5, 5.41) is 8.85. The monoisotopic (exact) mass is 431 g/mol. The van der Waals surface area contributed by atoms with Crippen LogP contribution in [0.1, 0.15) is 30.4 Å². The van der Waals surface area contributed by atoms with Gasteiger partial charge in [0, 0.05) is 25.5 Å². The molecule has 0 spiro atoms. The van der Waals surface area contributed by atoms with Crippen LogP contribution in [0, 0.1) is 0 Å². The number of hydrogen-bond donors (Lipinski definition) is 1. The van der Waals surface area contributed by atoms with Crippen molar-refractivity contribution in [2.75, 3.05) is 19.8 Å². The summed E-state index contributed by atoms with van der Waals surface area (Å²) < 4.78 is 55.4. The van der Waals surface area contributed by atoms with Gasteiger partial charge in [-0.05, 0) is 43.4 Å². The van der Waals surface area contributed by atoms with Gasteiger partial charge in [0.1, 0.15) is 23.1 Å². The molecule has 0 radical (unpaired) electrons. The smallest absolute Gasteiger partial charge is 0.417 e. The Bertz CT molecular complexity index is 826. The molecule has 1 unspecified atom stereocenters. The molecule has 1 aromatic heterocycles. The lowest BCUT2D eigenvalue weighted by Crippen LogP contribution is -2.16. The van der Waals surface area contributed by atoms with Crippen LogP contribution in [0.15, 0.2) is 30.5 Å². The maximum Gasteiger partial charge on any atom is 0.417 e. The molecule has 29 heavy (non-hydrogen) atoms. The number of aliphatic hydroxyl groups is 1. The molecule has 1 aliphatic rings. The molecule has 158 valence electrons. The van der Waals surface area contributed by atoms with E-state index in [4.69, 9.17) is 30.9 Å². The Hall–Kier alpha value is -2.03. The van der Waals surface area contributed by atoms with Crippen LogP contribution in [-0.2, 0) is 17.3 Å². The first-order valence-electron chi connectivity index (χ1n) is 9.25. The van der Waals surface area contributed by atoms with Gasteiger partial charge in [0.15, 0.2) is 0 Å². The molecule has 1 aromatic carbocycles. The van der Waals surface area contributed by atoms with Crippen molar-refractivity contribution in [1.82, 2.24) is 4.98 Å². The van der Waals surface area contributed by atoms with Crippen molar-refractivity contribution in [3.05, 3.63) is 46.6 Å². The first-order chi connectivity index (χ1) is 13.9. The molecule has 0 saturated carbocycles. The van der Waals surface area contributed by atoms with Crippen molar-refractivity contribution in [1.29, 1.82) is 0 Å². The van der Waals surface area contributed by atoms with Crippen LogP contribution in [0.4, 0.5) is 13.2 Å². The number of aryl methyl sites for hydroxylation is 1. The number of aromatic nitrogens is 1. The van der Waals surface area contributed by atoms with E-state index in [-0.39, 0.29) is 23.6 Å². The number of ether oxygens (including phenoxy) is 3. The molecule has 1 aliphatic heterocycles. The average Bonchev–Trinajstić information content (AvgIpc) is 3.20. The SMILES string of the molecule is OCCCc1ccc(OCC2CCCO2)cc1Oc1ncc(C(F)(F)F)cc1Cl. The lowest BCUT2D eigenvalue weighted by molar-refractivity contribution is -0.137. The summed E-state index contributed by atoms with van der Waals surface area (Å²) in [5.74, 6) is 0.755. The number of rotatable bonds is 8. The molecule has 1 N–H and O–H groups in total. The third-order valence-corrected chi connectivity index (χ3v) is 4.71. The number of hydrogen-bond acceptors (Lipinski definition) is 5. The molecule has 0 aliphatic carbocycles. The third-order valence-electron chi connectivity index (χ3n) is 4.44. The maximum atomic E-state index is 12.8. The van der Waals surface area contributed by atoms with E-state index in [1.807, 2.05) is 0 Å². The number of alkyl halides is 3. The van der Waals surface area contributed by atoms with Gasteiger partial charge in [-0.2, -0.15) is 13.2 Å². The predicted molar refractivity (Wildman–Crippen MR) is 101 cm³/mol. The highest BCUT2D eigenvalue weighted by molar-refractivity contribution is 6.31. The van der Waals surface area contributed by atoms with Gasteiger partial charge in [0.25, 0.3) is 0 Å². The topological polar surface area (TPSA) is 60.8 Å². The van der Waals surface area contributed by atoms with E-state index in [9.17, 15) is 13.2 Å². The number of nitrogens with zero attached hydrogens (tertiary/aromatic N) is 1. The zero-order valence-corrected chi connectivity index (χ0v) is 16.3. The average molecular weight is 432 g/mol. The van der Waals surface area contributed by atoms with Crippen LogP contribution in [0.5, 0.6) is 17.4 Å². The fraction of sp³-hybridized carbons (Fsp3) is 0.450. The van der Waals surface area contributed by atoms with Crippen LogP contribution in [0.25, 0.3) is 0 Å². The molecule has 9 heteroatoms. The summed E-state index contributed by atoms with van der Waals surface area (Å²) in [6, 6.07) is 5.97. The number of benzene rings is 1. The van der Waals surface area contributed by atoms with E-state index >= 15 is 0 Å². The van der Waals surface area contributed by atoms with Crippen LogP contribution < -0.4 is 9.47 Å². The number of halogens is 4. The van der Waals surface area contributed by atoms with Crippen LogP contribution in [0.3, 0.4) is 0 Å². The minimum Gasteiger partial charge on any atom is -0.491 e. The van der Waals surface area contributed by atoms with Gasteiger partial charge >= 0.3 is 6.18 Å². The molecule has 2 aromatic rings. The Balaban J connectivity index is 1.79. The summed E-state index contributed by atoms with van der Waals surface area (Å²) in [6.45, 7) is 1.12. The molecule has 3 rings (SSSR count). The Labute approximate surface area is 171 Å². The van der Waals surface area contributed by atoms with Crippen molar-refractivity contribution >= 4 is 11.6 Å². The first kappa shape index (κ1) is 21.7. The van der Waals surface area contributed by atoms with Crippen LogP contribution in [0.2, 0.25) is 5.02 Å². The fourth-order valence-corrected chi connectivity index (χ4v) is 3.13. The Kier molecular flexibility index (Phi) is 7.21. The third kappa shape index (κ3) is 5.98. The van der Waals surface area contributed by atoms with Crippen molar-refractivity contribution < 1.29 is 32.5 Å². The van der Waals surface area contributed by atoms with Crippen LogP contribution >= 0.6 is 11.6 Å². The van der Waals surface area contributed by atoms with E-state index in [1.165, 1.54) is 0 Å². The van der Waals surface area contributed by atoms with Gasteiger partial charge in [-0.25, -0.2) is 4.98 Å². The summed E-state index contributed by atoms with van der Waals surface area (Å²) in [5.41, 5.74) is -0.203. The molecule has 1 fully saturated rings.